The van der Waals surface area contributed by atoms with Gasteiger partial charge in [-0.1, -0.05) is 6.07 Å². The van der Waals surface area contributed by atoms with Gasteiger partial charge in [0.25, 0.3) is 5.91 Å². The van der Waals surface area contributed by atoms with Crippen LogP contribution in [0.25, 0.3) is 0 Å². The first kappa shape index (κ1) is 14.8. The van der Waals surface area contributed by atoms with E-state index in [1.807, 2.05) is 18.2 Å². The van der Waals surface area contributed by atoms with E-state index in [-0.39, 0.29) is 18.6 Å². The zero-order valence-electron chi connectivity index (χ0n) is 12.1. The Bertz CT molecular complexity index is 462. The summed E-state index contributed by atoms with van der Waals surface area (Å²) >= 11 is 0. The second-order valence-corrected chi connectivity index (χ2v) is 4.97. The van der Waals surface area contributed by atoms with Crippen LogP contribution in [0.15, 0.2) is 18.2 Å². The number of carbonyl (C=O) groups excluding carboxylic acids is 1. The van der Waals surface area contributed by atoms with Gasteiger partial charge in [-0.15, -0.1) is 0 Å². The molecule has 1 aliphatic heterocycles. The monoisotopic (exact) mass is 278 g/mol. The average Bonchev–Trinajstić information content (AvgIpc) is 2.46. The molecule has 0 bridgehead atoms. The van der Waals surface area contributed by atoms with Gasteiger partial charge in [0.05, 0.1) is 5.69 Å². The van der Waals surface area contributed by atoms with Crippen molar-refractivity contribution in [3.63, 3.8) is 0 Å². The highest BCUT2D eigenvalue weighted by atomic mass is 16.5. The molecule has 0 spiro atoms. The molecule has 1 aromatic rings. The first-order valence-corrected chi connectivity index (χ1v) is 6.99. The van der Waals surface area contributed by atoms with Gasteiger partial charge in [-0.3, -0.25) is 4.79 Å². The summed E-state index contributed by atoms with van der Waals surface area (Å²) in [5.74, 6) is 0.635. The summed E-state index contributed by atoms with van der Waals surface area (Å²) in [6, 6.07) is 6.15. The molecule has 0 fully saturated rings. The summed E-state index contributed by atoms with van der Waals surface area (Å²) < 4.78 is 10.4. The Morgan fingerprint density at radius 1 is 1.45 bits per heavy atom. The molecular weight excluding hydrogens is 256 g/mol. The maximum absolute atomic E-state index is 11.3. The van der Waals surface area contributed by atoms with Crippen molar-refractivity contribution >= 4 is 11.6 Å². The minimum absolute atomic E-state index is 0.0969. The van der Waals surface area contributed by atoms with Crippen LogP contribution in [0.1, 0.15) is 31.4 Å². The van der Waals surface area contributed by atoms with Crippen LogP contribution in [-0.2, 0) is 9.53 Å². The first-order chi connectivity index (χ1) is 9.70. The summed E-state index contributed by atoms with van der Waals surface area (Å²) in [6.45, 7) is 3.96. The summed E-state index contributed by atoms with van der Waals surface area (Å²) in [5.41, 5.74) is 1.90. The van der Waals surface area contributed by atoms with Gasteiger partial charge in [0.2, 0.25) is 0 Å². The van der Waals surface area contributed by atoms with Crippen molar-refractivity contribution in [1.82, 2.24) is 5.32 Å². The molecule has 2 N–H and O–H groups in total. The second-order valence-electron chi connectivity index (χ2n) is 4.97. The lowest BCUT2D eigenvalue weighted by Crippen LogP contribution is -2.26. The van der Waals surface area contributed by atoms with E-state index < -0.39 is 0 Å². The number of methoxy groups -OCH3 is 1. The van der Waals surface area contributed by atoms with Gasteiger partial charge in [0.15, 0.2) is 6.61 Å². The topological polar surface area (TPSA) is 59.6 Å². The molecule has 5 heteroatoms. The Morgan fingerprint density at radius 2 is 2.30 bits per heavy atom. The SMILES string of the molecule is COCCCCNC(C)c1ccc2c(c1)NC(=O)CO2. The van der Waals surface area contributed by atoms with Gasteiger partial charge >= 0.3 is 0 Å². The quantitative estimate of drug-likeness (QED) is 0.750. The van der Waals surface area contributed by atoms with E-state index in [2.05, 4.69) is 17.6 Å². The predicted octanol–water partition coefficient (Wildman–Crippen LogP) is 2.09. The lowest BCUT2D eigenvalue weighted by Gasteiger charge is -2.21. The number of carbonyl (C=O) groups is 1. The molecule has 1 unspecified atom stereocenters. The number of hydrogen-bond acceptors (Lipinski definition) is 4. The van der Waals surface area contributed by atoms with E-state index in [1.54, 1.807) is 7.11 Å². The number of fused-ring (bicyclic) bond motifs is 1. The maximum Gasteiger partial charge on any atom is 0.262 e. The fourth-order valence-electron chi connectivity index (χ4n) is 2.18. The highest BCUT2D eigenvalue weighted by molar-refractivity contribution is 5.95. The fourth-order valence-corrected chi connectivity index (χ4v) is 2.18. The van der Waals surface area contributed by atoms with Crippen molar-refractivity contribution in [1.29, 1.82) is 0 Å². The molecule has 20 heavy (non-hydrogen) atoms. The van der Waals surface area contributed by atoms with Crippen molar-refractivity contribution in [2.24, 2.45) is 0 Å². The first-order valence-electron chi connectivity index (χ1n) is 6.99. The molecule has 1 amide bonds. The number of unbranched alkanes of at least 4 members (excludes halogenated alkanes) is 1. The zero-order chi connectivity index (χ0) is 14.4. The number of rotatable bonds is 7. The lowest BCUT2D eigenvalue weighted by molar-refractivity contribution is -0.118. The standard InChI is InChI=1S/C15H22N2O3/c1-11(16-7-3-4-8-19-2)12-5-6-14-13(9-12)17-15(18)10-20-14/h5-6,9,11,16H,3-4,7-8,10H2,1-2H3,(H,17,18). The van der Waals surface area contributed by atoms with Crippen molar-refractivity contribution in [3.8, 4) is 5.75 Å². The molecule has 0 aromatic heterocycles. The molecule has 110 valence electrons. The highest BCUT2D eigenvalue weighted by Crippen LogP contribution is 2.30. The van der Waals surface area contributed by atoms with E-state index >= 15 is 0 Å². The Balaban J connectivity index is 1.88. The Labute approximate surface area is 119 Å². The number of benzene rings is 1. The summed E-state index contributed by atoms with van der Waals surface area (Å²) in [4.78, 5) is 11.3. The van der Waals surface area contributed by atoms with E-state index in [1.165, 1.54) is 0 Å². The third-order valence-corrected chi connectivity index (χ3v) is 3.36. The molecule has 2 rings (SSSR count). The minimum Gasteiger partial charge on any atom is -0.482 e. The third-order valence-electron chi connectivity index (χ3n) is 3.36. The van der Waals surface area contributed by atoms with Crippen LogP contribution in [0.2, 0.25) is 0 Å². The number of hydrogen-bond donors (Lipinski definition) is 2. The summed E-state index contributed by atoms with van der Waals surface area (Å²) in [5, 5.41) is 6.30. The van der Waals surface area contributed by atoms with Crippen molar-refractivity contribution in [2.75, 3.05) is 32.2 Å². The average molecular weight is 278 g/mol. The third kappa shape index (κ3) is 3.95. The minimum atomic E-state index is -0.102. The van der Waals surface area contributed by atoms with Crippen LogP contribution in [0.5, 0.6) is 5.75 Å². The van der Waals surface area contributed by atoms with Crippen LogP contribution in [0.4, 0.5) is 5.69 Å². The maximum atomic E-state index is 11.3. The molecule has 1 heterocycles. The van der Waals surface area contributed by atoms with Crippen molar-refractivity contribution in [2.45, 2.75) is 25.8 Å². The Kier molecular flexibility index (Phi) is 5.38. The van der Waals surface area contributed by atoms with Crippen molar-refractivity contribution in [3.05, 3.63) is 23.8 Å². The lowest BCUT2D eigenvalue weighted by atomic mass is 10.1. The number of anilines is 1. The van der Waals surface area contributed by atoms with E-state index in [0.717, 1.165) is 43.0 Å². The normalized spacial score (nSPS) is 15.2. The molecule has 0 saturated carbocycles. The molecule has 1 atom stereocenters. The Morgan fingerprint density at radius 3 is 3.10 bits per heavy atom. The highest BCUT2D eigenvalue weighted by Gasteiger charge is 2.17. The van der Waals surface area contributed by atoms with Gasteiger partial charge in [-0.2, -0.15) is 0 Å². The van der Waals surface area contributed by atoms with E-state index in [4.69, 9.17) is 9.47 Å². The van der Waals surface area contributed by atoms with Crippen molar-refractivity contribution < 1.29 is 14.3 Å². The van der Waals surface area contributed by atoms with Gasteiger partial charge < -0.3 is 20.1 Å². The number of ether oxygens (including phenoxy) is 2. The predicted molar refractivity (Wildman–Crippen MR) is 78.1 cm³/mol. The molecule has 1 aromatic carbocycles. The fraction of sp³-hybridized carbons (Fsp3) is 0.533. The van der Waals surface area contributed by atoms with Crippen LogP contribution >= 0.6 is 0 Å². The van der Waals surface area contributed by atoms with Gasteiger partial charge in [-0.25, -0.2) is 0 Å². The van der Waals surface area contributed by atoms with Gasteiger partial charge in [0.1, 0.15) is 5.75 Å². The van der Waals surface area contributed by atoms with E-state index in [9.17, 15) is 4.79 Å². The molecule has 0 radical (unpaired) electrons. The summed E-state index contributed by atoms with van der Waals surface area (Å²) in [7, 11) is 1.72. The van der Waals surface area contributed by atoms with Crippen LogP contribution in [0.3, 0.4) is 0 Å². The van der Waals surface area contributed by atoms with Crippen LogP contribution < -0.4 is 15.4 Å². The molecule has 5 nitrogen and oxygen atoms in total. The van der Waals surface area contributed by atoms with Crippen LogP contribution in [0, 0.1) is 0 Å². The smallest absolute Gasteiger partial charge is 0.262 e. The molecular formula is C15H22N2O3. The Hall–Kier alpha value is -1.59. The van der Waals surface area contributed by atoms with E-state index in [0.29, 0.717) is 0 Å². The zero-order valence-corrected chi connectivity index (χ0v) is 12.1. The van der Waals surface area contributed by atoms with Crippen LogP contribution in [-0.4, -0.2) is 32.8 Å². The molecule has 1 aliphatic rings. The van der Waals surface area contributed by atoms with Gasteiger partial charge in [-0.05, 0) is 44.0 Å². The molecule has 0 aliphatic carbocycles. The largest absolute Gasteiger partial charge is 0.482 e. The number of amides is 1. The molecule has 0 saturated heterocycles. The second kappa shape index (κ2) is 7.26. The van der Waals surface area contributed by atoms with Gasteiger partial charge in [0, 0.05) is 19.8 Å². The number of nitrogens with one attached hydrogen (secondary N) is 2. The summed E-state index contributed by atoms with van der Waals surface area (Å²) in [6.07, 6.45) is 2.15.